The third-order valence-corrected chi connectivity index (χ3v) is 0. The predicted octanol–water partition coefficient (Wildman–Crippen LogP) is -1.16. The van der Waals surface area contributed by atoms with Crippen molar-refractivity contribution in [2.45, 2.75) is 0 Å². The molecule has 0 spiro atoms. The summed E-state index contributed by atoms with van der Waals surface area (Å²) in [5.41, 5.74) is 8.94. The molecule has 5 N–H and O–H groups in total. The van der Waals surface area contributed by atoms with Crippen LogP contribution in [0.4, 0.5) is 0 Å². The van der Waals surface area contributed by atoms with Crippen molar-refractivity contribution in [3.05, 3.63) is 0 Å². The Bertz CT molecular complexity index is 29.9. The van der Waals surface area contributed by atoms with Crippen LogP contribution in [0.5, 0.6) is 0 Å². The molecule has 0 aromatic rings. The van der Waals surface area contributed by atoms with Gasteiger partial charge >= 0.3 is 0 Å². The van der Waals surface area contributed by atoms with Crippen LogP contribution in [0.15, 0.2) is 0 Å². The minimum atomic E-state index is -0.333. The van der Waals surface area contributed by atoms with E-state index in [1.165, 1.54) is 0 Å². The Morgan fingerprint density at radius 3 is 1.40 bits per heavy atom. The van der Waals surface area contributed by atoms with Gasteiger partial charge < -0.3 is 11.5 Å². The maximum Gasteiger partial charge on any atom is 0.183 e. The van der Waals surface area contributed by atoms with Crippen LogP contribution in [0.25, 0.3) is 0 Å². The molecular weight excluding hydrogens is 160 g/mol. The van der Waals surface area contributed by atoms with E-state index in [2.05, 4.69) is 11.5 Å². The first-order valence-corrected chi connectivity index (χ1v) is 0.827. The van der Waals surface area contributed by atoms with Crippen molar-refractivity contribution in [1.82, 2.24) is 0 Å². The second kappa shape index (κ2) is 3.93. The first-order chi connectivity index (χ1) is 1.73. The van der Waals surface area contributed by atoms with Gasteiger partial charge in [0.15, 0.2) is 5.96 Å². The molecule has 0 saturated heterocycles. The summed E-state index contributed by atoms with van der Waals surface area (Å²) in [6, 6.07) is 0. The van der Waals surface area contributed by atoms with Gasteiger partial charge in [0.1, 0.15) is 0 Å². The molecule has 4 heteroatoms. The fourth-order valence-electron chi connectivity index (χ4n) is 0. The monoisotopic (exact) mass is 165 g/mol. The van der Waals surface area contributed by atoms with Gasteiger partial charge in [-0.2, -0.15) is 0 Å². The molecule has 5 heavy (non-hydrogen) atoms. The van der Waals surface area contributed by atoms with Crippen LogP contribution in [0.2, 0.25) is 0 Å². The number of hydrogen-bond donors (Lipinski definition) is 3. The van der Waals surface area contributed by atoms with Crippen molar-refractivity contribution in [3.63, 3.8) is 0 Å². The fourth-order valence-corrected chi connectivity index (χ4v) is 0. The molecule has 34 valence electrons. The number of hydrogen-bond acceptors (Lipinski definition) is 1. The van der Waals surface area contributed by atoms with E-state index in [0.717, 1.165) is 0 Å². The average Bonchev–Trinajstić information content (AvgIpc) is 0.811. The molecule has 0 aromatic heterocycles. The fraction of sp³-hybridized carbons (Fsp3) is 0. The molecule has 0 atom stereocenters. The maximum atomic E-state index is 6.06. The molecule has 0 aliphatic heterocycles. The molecule has 3 nitrogen and oxygen atoms in total. The molecule has 0 aromatic carbocycles. The quantitative estimate of drug-likeness (QED) is 0.241. The van der Waals surface area contributed by atoms with E-state index in [1.807, 2.05) is 0 Å². The van der Waals surface area contributed by atoms with Gasteiger partial charge in [-0.1, -0.05) is 0 Å². The molecule has 0 heterocycles. The van der Waals surface area contributed by atoms with Gasteiger partial charge in [-0.3, -0.25) is 5.41 Å². The van der Waals surface area contributed by atoms with Gasteiger partial charge in [-0.05, 0) is 0 Å². The first-order valence-electron chi connectivity index (χ1n) is 0.827. The van der Waals surface area contributed by atoms with Crippen molar-refractivity contribution in [1.29, 1.82) is 5.41 Å². The van der Waals surface area contributed by atoms with E-state index in [0.29, 0.717) is 0 Å². The van der Waals surface area contributed by atoms with Gasteiger partial charge in [0.2, 0.25) is 0 Å². The molecule has 0 rings (SSSR count). The normalized spacial score (nSPS) is 4.80. The summed E-state index contributed by atoms with van der Waals surface area (Å²) in [5.74, 6) is -0.333. The van der Waals surface area contributed by atoms with Crippen molar-refractivity contribution < 1.29 is 20.4 Å². The molecule has 0 aliphatic carbocycles. The number of guanidine groups is 1. The first kappa shape index (κ1) is 8.87. The molecule has 0 unspecified atom stereocenters. The van der Waals surface area contributed by atoms with Gasteiger partial charge in [-0.25, -0.2) is 0 Å². The molecule has 0 amide bonds. The zero-order chi connectivity index (χ0) is 3.58. The maximum absolute atomic E-state index is 6.06. The predicted molar refractivity (Wildman–Crippen MR) is 16.1 cm³/mol. The summed E-state index contributed by atoms with van der Waals surface area (Å²) >= 11 is 0. The van der Waals surface area contributed by atoms with Crippen molar-refractivity contribution in [2.24, 2.45) is 11.5 Å². The third kappa shape index (κ3) is 3210. The third-order valence-electron chi connectivity index (χ3n) is 0. The summed E-state index contributed by atoms with van der Waals surface area (Å²) in [6.07, 6.45) is 0. The molecule has 0 bridgehead atoms. The van der Waals surface area contributed by atoms with E-state index < -0.39 is 0 Å². The van der Waals surface area contributed by atoms with Crippen molar-refractivity contribution >= 4 is 5.96 Å². The Morgan fingerprint density at radius 2 is 1.40 bits per heavy atom. The van der Waals surface area contributed by atoms with Crippen LogP contribution in [-0.2, 0) is 20.4 Å². The van der Waals surface area contributed by atoms with E-state index in [4.69, 9.17) is 5.41 Å². The minimum absolute atomic E-state index is 0. The standard InChI is InChI=1S/CH5N3.Pd/c2-1(3)4;/h(H5,2,3,4);. The summed E-state index contributed by atoms with van der Waals surface area (Å²) in [4.78, 5) is 0. The minimum Gasteiger partial charge on any atom is -0.370 e. The Hall–Kier alpha value is -0.0677. The summed E-state index contributed by atoms with van der Waals surface area (Å²) in [7, 11) is 0. The van der Waals surface area contributed by atoms with Gasteiger partial charge in [-0.15, -0.1) is 0 Å². The van der Waals surface area contributed by atoms with Crippen molar-refractivity contribution in [3.8, 4) is 0 Å². The van der Waals surface area contributed by atoms with Crippen LogP contribution in [0.3, 0.4) is 0 Å². The van der Waals surface area contributed by atoms with E-state index in [1.54, 1.807) is 0 Å². The number of nitrogens with one attached hydrogen (secondary N) is 1. The van der Waals surface area contributed by atoms with Crippen LogP contribution in [-0.4, -0.2) is 5.96 Å². The van der Waals surface area contributed by atoms with Crippen LogP contribution >= 0.6 is 0 Å². The average molecular weight is 165 g/mol. The van der Waals surface area contributed by atoms with Gasteiger partial charge in [0, 0.05) is 20.4 Å². The largest absolute Gasteiger partial charge is 0.370 e. The van der Waals surface area contributed by atoms with Crippen LogP contribution in [0, 0.1) is 5.41 Å². The van der Waals surface area contributed by atoms with E-state index in [-0.39, 0.29) is 26.4 Å². The SMILES string of the molecule is N=C(N)N.[Pd]. The summed E-state index contributed by atoms with van der Waals surface area (Å²) in [6.45, 7) is 0. The number of rotatable bonds is 0. The van der Waals surface area contributed by atoms with Gasteiger partial charge in [0.25, 0.3) is 0 Å². The topological polar surface area (TPSA) is 75.9 Å². The van der Waals surface area contributed by atoms with Crippen molar-refractivity contribution in [2.75, 3.05) is 0 Å². The van der Waals surface area contributed by atoms with Crippen LogP contribution in [0.1, 0.15) is 0 Å². The zero-order valence-corrected chi connectivity index (χ0v) is 4.03. The zero-order valence-electron chi connectivity index (χ0n) is 2.47. The molecular formula is CH5N3Pd. The Balaban J connectivity index is 0. The summed E-state index contributed by atoms with van der Waals surface area (Å²) < 4.78 is 0. The second-order valence-corrected chi connectivity index (χ2v) is 0.455. The van der Waals surface area contributed by atoms with Gasteiger partial charge in [0.05, 0.1) is 0 Å². The molecule has 0 fully saturated rings. The Labute approximate surface area is 43.9 Å². The molecule has 0 radical (unpaired) electrons. The molecule has 0 saturated carbocycles. The number of nitrogens with two attached hydrogens (primary N) is 2. The van der Waals surface area contributed by atoms with E-state index in [9.17, 15) is 0 Å². The summed E-state index contributed by atoms with van der Waals surface area (Å²) in [5, 5.41) is 6.06. The van der Waals surface area contributed by atoms with Crippen LogP contribution < -0.4 is 11.5 Å². The molecule has 0 aliphatic rings. The second-order valence-electron chi connectivity index (χ2n) is 0.455. The van der Waals surface area contributed by atoms with E-state index >= 15 is 0 Å². The smallest absolute Gasteiger partial charge is 0.183 e. The Kier molecular flexibility index (Phi) is 6.98. The Morgan fingerprint density at radius 1 is 1.40 bits per heavy atom.